The molecule has 2 aromatic rings. The summed E-state index contributed by atoms with van der Waals surface area (Å²) < 4.78 is 0. The van der Waals surface area contributed by atoms with Crippen LogP contribution < -0.4 is 5.32 Å². The SMILES string of the molecule is CNc1ccc(C)cc1C(=O)N1Cc2ccccc2C1. The number of carbonyl (C=O) groups excluding carboxylic acids is 1. The van der Waals surface area contributed by atoms with Crippen molar-refractivity contribution in [3.05, 3.63) is 64.7 Å². The van der Waals surface area contributed by atoms with Crippen molar-refractivity contribution in [2.24, 2.45) is 0 Å². The van der Waals surface area contributed by atoms with Crippen molar-refractivity contribution in [1.82, 2.24) is 4.90 Å². The summed E-state index contributed by atoms with van der Waals surface area (Å²) in [5.74, 6) is 0.0919. The van der Waals surface area contributed by atoms with E-state index in [0.717, 1.165) is 16.8 Å². The second-order valence-corrected chi connectivity index (χ2v) is 5.23. The molecule has 2 aromatic carbocycles. The third kappa shape index (κ3) is 2.16. The minimum Gasteiger partial charge on any atom is -0.387 e. The number of aryl methyl sites for hydroxylation is 1. The number of nitrogens with zero attached hydrogens (tertiary/aromatic N) is 1. The van der Waals surface area contributed by atoms with Gasteiger partial charge in [0, 0.05) is 25.8 Å². The first-order valence-electron chi connectivity index (χ1n) is 6.83. The molecule has 1 heterocycles. The van der Waals surface area contributed by atoms with Crippen molar-refractivity contribution >= 4 is 11.6 Å². The van der Waals surface area contributed by atoms with E-state index >= 15 is 0 Å². The molecule has 3 rings (SSSR count). The van der Waals surface area contributed by atoms with Crippen molar-refractivity contribution in [2.75, 3.05) is 12.4 Å². The van der Waals surface area contributed by atoms with Gasteiger partial charge in [-0.25, -0.2) is 0 Å². The maximum absolute atomic E-state index is 12.7. The number of carbonyl (C=O) groups is 1. The Bertz CT molecular complexity index is 639. The molecule has 0 saturated heterocycles. The molecule has 20 heavy (non-hydrogen) atoms. The summed E-state index contributed by atoms with van der Waals surface area (Å²) in [4.78, 5) is 14.6. The lowest BCUT2D eigenvalue weighted by molar-refractivity contribution is 0.0752. The second kappa shape index (κ2) is 5.00. The summed E-state index contributed by atoms with van der Waals surface area (Å²) in [6, 6.07) is 14.2. The maximum atomic E-state index is 12.7. The van der Waals surface area contributed by atoms with E-state index in [9.17, 15) is 4.79 Å². The molecule has 0 aliphatic carbocycles. The van der Waals surface area contributed by atoms with E-state index in [0.29, 0.717) is 13.1 Å². The van der Waals surface area contributed by atoms with Crippen molar-refractivity contribution < 1.29 is 4.79 Å². The molecule has 102 valence electrons. The van der Waals surface area contributed by atoms with Gasteiger partial charge in [-0.05, 0) is 30.2 Å². The zero-order chi connectivity index (χ0) is 14.1. The lowest BCUT2D eigenvalue weighted by Gasteiger charge is -2.18. The highest BCUT2D eigenvalue weighted by atomic mass is 16.2. The Morgan fingerprint density at radius 2 is 1.75 bits per heavy atom. The van der Waals surface area contributed by atoms with Gasteiger partial charge in [0.25, 0.3) is 5.91 Å². The number of anilines is 1. The molecule has 0 unspecified atom stereocenters. The number of rotatable bonds is 2. The molecular formula is C17H18N2O. The average molecular weight is 266 g/mol. The topological polar surface area (TPSA) is 32.3 Å². The van der Waals surface area contributed by atoms with Crippen LogP contribution in [0.25, 0.3) is 0 Å². The summed E-state index contributed by atoms with van der Waals surface area (Å²) in [7, 11) is 1.85. The van der Waals surface area contributed by atoms with Crippen molar-refractivity contribution in [2.45, 2.75) is 20.0 Å². The molecule has 0 spiro atoms. The number of amides is 1. The van der Waals surface area contributed by atoms with Crippen LogP contribution in [0.5, 0.6) is 0 Å². The molecule has 0 bridgehead atoms. The lowest BCUT2D eigenvalue weighted by Crippen LogP contribution is -2.26. The normalized spacial score (nSPS) is 13.2. The van der Waals surface area contributed by atoms with E-state index in [4.69, 9.17) is 0 Å². The highest BCUT2D eigenvalue weighted by molar-refractivity contribution is 6.00. The minimum atomic E-state index is 0.0919. The van der Waals surface area contributed by atoms with E-state index in [2.05, 4.69) is 17.4 Å². The summed E-state index contributed by atoms with van der Waals surface area (Å²) in [5.41, 5.74) is 5.24. The first-order valence-corrected chi connectivity index (χ1v) is 6.83. The molecule has 1 N–H and O–H groups in total. The Kier molecular flexibility index (Phi) is 3.18. The van der Waals surface area contributed by atoms with Crippen LogP contribution in [0.2, 0.25) is 0 Å². The zero-order valence-corrected chi connectivity index (χ0v) is 11.8. The molecule has 0 fully saturated rings. The number of benzene rings is 2. The Balaban J connectivity index is 1.90. The summed E-state index contributed by atoms with van der Waals surface area (Å²) >= 11 is 0. The van der Waals surface area contributed by atoms with Gasteiger partial charge in [-0.2, -0.15) is 0 Å². The quantitative estimate of drug-likeness (QED) is 0.905. The second-order valence-electron chi connectivity index (χ2n) is 5.23. The van der Waals surface area contributed by atoms with Crippen LogP contribution >= 0.6 is 0 Å². The largest absolute Gasteiger partial charge is 0.387 e. The molecular weight excluding hydrogens is 248 g/mol. The molecule has 0 aromatic heterocycles. The highest BCUT2D eigenvalue weighted by Crippen LogP contribution is 2.26. The van der Waals surface area contributed by atoms with Gasteiger partial charge in [0.2, 0.25) is 0 Å². The predicted octanol–water partition coefficient (Wildman–Crippen LogP) is 3.19. The summed E-state index contributed by atoms with van der Waals surface area (Å²) in [5, 5.41) is 3.10. The van der Waals surface area contributed by atoms with Gasteiger partial charge in [-0.15, -0.1) is 0 Å². The molecule has 3 heteroatoms. The molecule has 0 saturated carbocycles. The van der Waals surface area contributed by atoms with E-state index in [1.54, 1.807) is 0 Å². The Morgan fingerprint density at radius 3 is 2.35 bits per heavy atom. The van der Waals surface area contributed by atoms with Crippen LogP contribution in [0.3, 0.4) is 0 Å². The Morgan fingerprint density at radius 1 is 1.10 bits per heavy atom. The fourth-order valence-electron chi connectivity index (χ4n) is 2.70. The van der Waals surface area contributed by atoms with Crippen LogP contribution in [-0.2, 0) is 13.1 Å². The number of hydrogen-bond acceptors (Lipinski definition) is 2. The van der Waals surface area contributed by atoms with E-state index in [-0.39, 0.29) is 5.91 Å². The van der Waals surface area contributed by atoms with Gasteiger partial charge < -0.3 is 10.2 Å². The molecule has 1 aliphatic rings. The first kappa shape index (κ1) is 12.7. The van der Waals surface area contributed by atoms with Crippen LogP contribution in [0, 0.1) is 6.92 Å². The zero-order valence-electron chi connectivity index (χ0n) is 11.8. The van der Waals surface area contributed by atoms with Crippen molar-refractivity contribution in [3.63, 3.8) is 0 Å². The third-order valence-electron chi connectivity index (χ3n) is 3.80. The van der Waals surface area contributed by atoms with Crippen molar-refractivity contribution in [3.8, 4) is 0 Å². The third-order valence-corrected chi connectivity index (χ3v) is 3.80. The summed E-state index contributed by atoms with van der Waals surface area (Å²) in [6.45, 7) is 3.41. The summed E-state index contributed by atoms with van der Waals surface area (Å²) in [6.07, 6.45) is 0. The van der Waals surface area contributed by atoms with Crippen LogP contribution in [0.4, 0.5) is 5.69 Å². The standard InChI is InChI=1S/C17H18N2O/c1-12-7-8-16(18-2)15(9-12)17(20)19-10-13-5-3-4-6-14(13)11-19/h3-9,18H,10-11H2,1-2H3. The van der Waals surface area contributed by atoms with Gasteiger partial charge in [0.05, 0.1) is 5.56 Å². The molecule has 1 aliphatic heterocycles. The smallest absolute Gasteiger partial charge is 0.256 e. The van der Waals surface area contributed by atoms with Crippen LogP contribution in [-0.4, -0.2) is 17.9 Å². The van der Waals surface area contributed by atoms with Gasteiger partial charge in [0.15, 0.2) is 0 Å². The van der Waals surface area contributed by atoms with E-state index < -0.39 is 0 Å². The van der Waals surface area contributed by atoms with Gasteiger partial charge in [0.1, 0.15) is 0 Å². The predicted molar refractivity (Wildman–Crippen MR) is 80.7 cm³/mol. The highest BCUT2D eigenvalue weighted by Gasteiger charge is 2.25. The maximum Gasteiger partial charge on any atom is 0.256 e. The fraction of sp³-hybridized carbons (Fsp3) is 0.235. The fourth-order valence-corrected chi connectivity index (χ4v) is 2.70. The lowest BCUT2D eigenvalue weighted by atomic mass is 10.1. The first-order chi connectivity index (χ1) is 9.69. The molecule has 0 atom stereocenters. The Labute approximate surface area is 119 Å². The molecule has 3 nitrogen and oxygen atoms in total. The minimum absolute atomic E-state index is 0.0919. The monoisotopic (exact) mass is 266 g/mol. The van der Waals surface area contributed by atoms with Crippen molar-refractivity contribution in [1.29, 1.82) is 0 Å². The van der Waals surface area contributed by atoms with E-state index in [1.165, 1.54) is 11.1 Å². The van der Waals surface area contributed by atoms with Gasteiger partial charge in [-0.3, -0.25) is 4.79 Å². The number of nitrogens with one attached hydrogen (secondary N) is 1. The average Bonchev–Trinajstić information content (AvgIpc) is 2.90. The Hall–Kier alpha value is -2.29. The molecule has 1 amide bonds. The number of fused-ring (bicyclic) bond motifs is 1. The van der Waals surface area contributed by atoms with Crippen LogP contribution in [0.15, 0.2) is 42.5 Å². The number of hydrogen-bond donors (Lipinski definition) is 1. The van der Waals surface area contributed by atoms with Gasteiger partial charge in [-0.1, -0.05) is 35.9 Å². The molecule has 0 radical (unpaired) electrons. The van der Waals surface area contributed by atoms with E-state index in [1.807, 2.05) is 49.2 Å². The van der Waals surface area contributed by atoms with Gasteiger partial charge >= 0.3 is 0 Å². The van der Waals surface area contributed by atoms with Crippen LogP contribution in [0.1, 0.15) is 27.0 Å².